The van der Waals surface area contributed by atoms with Crippen molar-refractivity contribution in [1.29, 1.82) is 0 Å². The highest BCUT2D eigenvalue weighted by molar-refractivity contribution is 5.84. The van der Waals surface area contributed by atoms with Crippen molar-refractivity contribution in [1.82, 2.24) is 4.98 Å². The van der Waals surface area contributed by atoms with Gasteiger partial charge in [0.2, 0.25) is 0 Å². The van der Waals surface area contributed by atoms with Gasteiger partial charge in [0.05, 0.1) is 6.10 Å². The van der Waals surface area contributed by atoms with E-state index in [-0.39, 0.29) is 12.2 Å². The monoisotopic (exact) mass is 257 g/mol. The SMILES string of the molecule is Cc1ccc2cccc(OC3CCCCC3O)c2n1. The standard InChI is InChI=1S/C16H19NO2/c1-11-9-10-12-5-4-8-15(16(12)17-11)19-14-7-3-2-6-13(14)18/h4-5,8-10,13-14,18H,2-3,6-7H2,1H3. The zero-order valence-electron chi connectivity index (χ0n) is 11.2. The van der Waals surface area contributed by atoms with Gasteiger partial charge in [-0.05, 0) is 38.3 Å². The van der Waals surface area contributed by atoms with Crippen molar-refractivity contribution in [2.75, 3.05) is 0 Å². The first-order chi connectivity index (χ1) is 9.24. The second kappa shape index (κ2) is 5.17. The lowest BCUT2D eigenvalue weighted by atomic mass is 9.95. The molecule has 0 saturated heterocycles. The fraction of sp³-hybridized carbons (Fsp3) is 0.438. The number of nitrogens with zero attached hydrogens (tertiary/aromatic N) is 1. The van der Waals surface area contributed by atoms with Gasteiger partial charge in [-0.3, -0.25) is 0 Å². The summed E-state index contributed by atoms with van der Waals surface area (Å²) in [5, 5.41) is 11.1. The van der Waals surface area contributed by atoms with Crippen LogP contribution in [0, 0.1) is 6.92 Å². The minimum atomic E-state index is -0.353. The Bertz CT molecular complexity index is 582. The Labute approximate surface area is 113 Å². The fourth-order valence-corrected chi connectivity index (χ4v) is 2.69. The Balaban J connectivity index is 1.93. The van der Waals surface area contributed by atoms with Crippen LogP contribution in [0.4, 0.5) is 0 Å². The maximum Gasteiger partial charge on any atom is 0.146 e. The van der Waals surface area contributed by atoms with Crippen molar-refractivity contribution in [2.45, 2.75) is 44.8 Å². The molecule has 1 heterocycles. The molecule has 1 N–H and O–H groups in total. The largest absolute Gasteiger partial charge is 0.485 e. The second-order valence-corrected chi connectivity index (χ2v) is 5.29. The minimum absolute atomic E-state index is 0.0957. The van der Waals surface area contributed by atoms with Gasteiger partial charge < -0.3 is 9.84 Å². The van der Waals surface area contributed by atoms with Crippen LogP contribution in [-0.4, -0.2) is 22.3 Å². The zero-order valence-corrected chi connectivity index (χ0v) is 11.2. The van der Waals surface area contributed by atoms with Crippen LogP contribution in [-0.2, 0) is 0 Å². The topological polar surface area (TPSA) is 42.4 Å². The molecule has 2 atom stereocenters. The number of hydrogen-bond acceptors (Lipinski definition) is 3. The van der Waals surface area contributed by atoms with Crippen molar-refractivity contribution in [3.05, 3.63) is 36.0 Å². The molecule has 2 aromatic rings. The molecule has 0 spiro atoms. The second-order valence-electron chi connectivity index (χ2n) is 5.29. The number of rotatable bonds is 2. The molecule has 1 fully saturated rings. The number of hydrogen-bond donors (Lipinski definition) is 1. The van der Waals surface area contributed by atoms with Crippen LogP contribution in [0.25, 0.3) is 10.9 Å². The van der Waals surface area contributed by atoms with Gasteiger partial charge in [-0.2, -0.15) is 0 Å². The lowest BCUT2D eigenvalue weighted by molar-refractivity contribution is 0.00758. The van der Waals surface area contributed by atoms with Crippen LogP contribution in [0.1, 0.15) is 31.4 Å². The van der Waals surface area contributed by atoms with E-state index >= 15 is 0 Å². The minimum Gasteiger partial charge on any atom is -0.485 e. The van der Waals surface area contributed by atoms with E-state index in [1.54, 1.807) is 0 Å². The highest BCUT2D eigenvalue weighted by atomic mass is 16.5. The quantitative estimate of drug-likeness (QED) is 0.898. The molecule has 3 rings (SSSR count). The van der Waals surface area contributed by atoms with E-state index in [0.717, 1.165) is 48.0 Å². The smallest absolute Gasteiger partial charge is 0.146 e. The van der Waals surface area contributed by atoms with Crippen LogP contribution >= 0.6 is 0 Å². The Kier molecular flexibility index (Phi) is 3.38. The first-order valence-corrected chi connectivity index (χ1v) is 6.95. The molecule has 3 nitrogen and oxygen atoms in total. The molecule has 0 radical (unpaired) electrons. The van der Waals surface area contributed by atoms with E-state index in [0.29, 0.717) is 0 Å². The highest BCUT2D eigenvalue weighted by Crippen LogP contribution is 2.28. The van der Waals surface area contributed by atoms with Gasteiger partial charge in [-0.25, -0.2) is 4.98 Å². The van der Waals surface area contributed by atoms with E-state index in [1.807, 2.05) is 31.2 Å². The summed E-state index contributed by atoms with van der Waals surface area (Å²) in [6.07, 6.45) is 3.52. The third kappa shape index (κ3) is 2.56. The molecule has 1 saturated carbocycles. The summed E-state index contributed by atoms with van der Waals surface area (Å²) in [6, 6.07) is 10.0. The number of para-hydroxylation sites is 1. The van der Waals surface area contributed by atoms with Gasteiger partial charge in [0.1, 0.15) is 17.4 Å². The summed E-state index contributed by atoms with van der Waals surface area (Å²) in [6.45, 7) is 1.98. The van der Waals surface area contributed by atoms with Crippen molar-refractivity contribution in [3.63, 3.8) is 0 Å². The van der Waals surface area contributed by atoms with Crippen molar-refractivity contribution < 1.29 is 9.84 Å². The summed E-state index contributed by atoms with van der Waals surface area (Å²) >= 11 is 0. The molecular weight excluding hydrogens is 238 g/mol. The average molecular weight is 257 g/mol. The number of aromatic nitrogens is 1. The molecule has 100 valence electrons. The first kappa shape index (κ1) is 12.4. The van der Waals surface area contributed by atoms with Gasteiger partial charge in [-0.15, -0.1) is 0 Å². The van der Waals surface area contributed by atoms with E-state index in [4.69, 9.17) is 4.74 Å². The lowest BCUT2D eigenvalue weighted by Gasteiger charge is -2.28. The predicted octanol–water partition coefficient (Wildman–Crippen LogP) is 3.23. The summed E-state index contributed by atoms with van der Waals surface area (Å²) < 4.78 is 6.02. The van der Waals surface area contributed by atoms with Crippen LogP contribution in [0.15, 0.2) is 30.3 Å². The molecule has 1 aromatic carbocycles. The molecule has 0 bridgehead atoms. The van der Waals surface area contributed by atoms with Gasteiger partial charge >= 0.3 is 0 Å². The van der Waals surface area contributed by atoms with Crippen LogP contribution in [0.5, 0.6) is 5.75 Å². The molecule has 0 amide bonds. The van der Waals surface area contributed by atoms with Crippen molar-refractivity contribution in [3.8, 4) is 5.75 Å². The number of aliphatic hydroxyl groups is 1. The molecule has 0 aliphatic heterocycles. The molecule has 3 heteroatoms. The third-order valence-electron chi connectivity index (χ3n) is 3.77. The number of pyridine rings is 1. The molecule has 1 aliphatic rings. The van der Waals surface area contributed by atoms with Crippen molar-refractivity contribution in [2.24, 2.45) is 0 Å². The number of ether oxygens (including phenoxy) is 1. The summed E-state index contributed by atoms with van der Waals surface area (Å²) in [5.74, 6) is 0.784. The first-order valence-electron chi connectivity index (χ1n) is 6.95. The zero-order chi connectivity index (χ0) is 13.2. The maximum absolute atomic E-state index is 10.0. The van der Waals surface area contributed by atoms with Crippen LogP contribution in [0.2, 0.25) is 0 Å². The van der Waals surface area contributed by atoms with Crippen LogP contribution < -0.4 is 4.74 Å². The Morgan fingerprint density at radius 1 is 1.16 bits per heavy atom. The molecule has 1 aromatic heterocycles. The number of aliphatic hydroxyl groups excluding tert-OH is 1. The fourth-order valence-electron chi connectivity index (χ4n) is 2.69. The van der Waals surface area contributed by atoms with Gasteiger partial charge in [-0.1, -0.05) is 24.6 Å². The third-order valence-corrected chi connectivity index (χ3v) is 3.77. The van der Waals surface area contributed by atoms with E-state index in [1.165, 1.54) is 0 Å². The molecule has 1 aliphatic carbocycles. The maximum atomic E-state index is 10.0. The lowest BCUT2D eigenvalue weighted by Crippen LogP contribution is -2.34. The van der Waals surface area contributed by atoms with E-state index < -0.39 is 0 Å². The number of benzene rings is 1. The van der Waals surface area contributed by atoms with Crippen molar-refractivity contribution >= 4 is 10.9 Å². The normalized spacial score (nSPS) is 23.5. The Hall–Kier alpha value is -1.61. The highest BCUT2D eigenvalue weighted by Gasteiger charge is 2.25. The molecular formula is C16H19NO2. The summed E-state index contributed by atoms with van der Waals surface area (Å²) in [7, 11) is 0. The average Bonchev–Trinajstić information content (AvgIpc) is 2.42. The molecule has 19 heavy (non-hydrogen) atoms. The summed E-state index contributed by atoms with van der Waals surface area (Å²) in [5.41, 5.74) is 1.87. The Morgan fingerprint density at radius 3 is 2.84 bits per heavy atom. The van der Waals surface area contributed by atoms with E-state index in [9.17, 15) is 5.11 Å². The predicted molar refractivity (Wildman–Crippen MR) is 75.4 cm³/mol. The molecule has 2 unspecified atom stereocenters. The van der Waals surface area contributed by atoms with Gasteiger partial charge in [0.25, 0.3) is 0 Å². The van der Waals surface area contributed by atoms with Gasteiger partial charge in [0, 0.05) is 11.1 Å². The number of fused-ring (bicyclic) bond motifs is 1. The number of aryl methyl sites for hydroxylation is 1. The summed E-state index contributed by atoms with van der Waals surface area (Å²) in [4.78, 5) is 4.56. The van der Waals surface area contributed by atoms with Gasteiger partial charge in [0.15, 0.2) is 0 Å². The van der Waals surface area contributed by atoms with E-state index in [2.05, 4.69) is 11.1 Å². The van der Waals surface area contributed by atoms with Crippen LogP contribution in [0.3, 0.4) is 0 Å². The Morgan fingerprint density at radius 2 is 2.00 bits per heavy atom.